The van der Waals surface area contributed by atoms with Gasteiger partial charge >= 0.3 is 0 Å². The summed E-state index contributed by atoms with van der Waals surface area (Å²) in [6.07, 6.45) is 4.76. The van der Waals surface area contributed by atoms with Gasteiger partial charge in [0.05, 0.1) is 31.1 Å². The van der Waals surface area contributed by atoms with Crippen LogP contribution in [-0.2, 0) is 13.1 Å². The van der Waals surface area contributed by atoms with Crippen LogP contribution in [0.1, 0.15) is 32.6 Å². The molecule has 0 aliphatic heterocycles. The van der Waals surface area contributed by atoms with E-state index in [0.717, 1.165) is 0 Å². The molecule has 0 unspecified atom stereocenters. The van der Waals surface area contributed by atoms with Gasteiger partial charge in [-0.3, -0.25) is 14.0 Å². The number of fused-ring (bicyclic) bond motifs is 1. The van der Waals surface area contributed by atoms with Gasteiger partial charge in [0.1, 0.15) is 11.5 Å². The van der Waals surface area contributed by atoms with E-state index in [4.69, 9.17) is 8.83 Å². The number of carbonyl (C=O) groups excluding carboxylic acids is 2. The highest BCUT2D eigenvalue weighted by atomic mass is 16.3. The number of hydrogen-bond donors (Lipinski definition) is 2. The number of amides is 2. The van der Waals surface area contributed by atoms with Gasteiger partial charge in [0.2, 0.25) is 5.82 Å². The van der Waals surface area contributed by atoms with Crippen LogP contribution in [0.2, 0.25) is 0 Å². The van der Waals surface area contributed by atoms with E-state index in [9.17, 15) is 9.59 Å². The molecule has 2 amide bonds. The van der Waals surface area contributed by atoms with Crippen LogP contribution >= 0.6 is 0 Å². The number of carbonyl (C=O) groups is 2. The molecule has 4 aromatic rings. The number of rotatable bonds is 6. The first kappa shape index (κ1) is 16.6. The number of imidazole rings is 1. The van der Waals surface area contributed by atoms with Gasteiger partial charge in [-0.2, -0.15) is 0 Å². The average Bonchev–Trinajstić information content (AvgIpc) is 3.45. The van der Waals surface area contributed by atoms with Crippen LogP contribution in [0.4, 0.5) is 0 Å². The Hall–Kier alpha value is -3.81. The van der Waals surface area contributed by atoms with Crippen molar-refractivity contribution in [3.8, 4) is 0 Å². The molecule has 0 spiro atoms. The molecule has 0 radical (unpaired) electrons. The van der Waals surface area contributed by atoms with Crippen molar-refractivity contribution in [1.82, 2.24) is 20.0 Å². The minimum atomic E-state index is -0.405. The smallest absolute Gasteiger partial charge is 0.288 e. The number of nitrogens with zero attached hydrogens (tertiary/aromatic N) is 2. The summed E-state index contributed by atoms with van der Waals surface area (Å²) >= 11 is 0. The molecule has 0 aliphatic carbocycles. The molecule has 4 heterocycles. The first-order valence-electron chi connectivity index (χ1n) is 8.30. The van der Waals surface area contributed by atoms with E-state index < -0.39 is 5.91 Å². The highest BCUT2D eigenvalue weighted by molar-refractivity contribution is 6.02. The van der Waals surface area contributed by atoms with Crippen LogP contribution < -0.4 is 10.6 Å². The molecular weight excluding hydrogens is 348 g/mol. The molecule has 136 valence electrons. The Bertz CT molecular complexity index is 980. The van der Waals surface area contributed by atoms with E-state index in [-0.39, 0.29) is 30.5 Å². The summed E-state index contributed by atoms with van der Waals surface area (Å²) in [5.74, 6) is 0.585. The summed E-state index contributed by atoms with van der Waals surface area (Å²) in [7, 11) is 0. The normalized spacial score (nSPS) is 10.8. The Morgan fingerprint density at radius 3 is 2.19 bits per heavy atom. The number of furan rings is 2. The average molecular weight is 364 g/mol. The summed E-state index contributed by atoms with van der Waals surface area (Å²) in [5, 5.41) is 5.48. The molecule has 4 rings (SSSR count). The second kappa shape index (κ2) is 7.20. The van der Waals surface area contributed by atoms with Gasteiger partial charge in [-0.25, -0.2) is 4.98 Å². The number of aromatic nitrogens is 2. The molecular formula is C19H16N4O4. The lowest BCUT2D eigenvalue weighted by Crippen LogP contribution is -2.25. The first-order chi connectivity index (χ1) is 13.2. The van der Waals surface area contributed by atoms with Crippen molar-refractivity contribution in [2.45, 2.75) is 13.1 Å². The predicted octanol–water partition coefficient (Wildman–Crippen LogP) is 2.38. The lowest BCUT2D eigenvalue weighted by atomic mass is 10.3. The molecule has 8 nitrogen and oxygen atoms in total. The molecule has 4 aromatic heterocycles. The Kier molecular flexibility index (Phi) is 4.44. The second-order valence-corrected chi connectivity index (χ2v) is 5.76. The summed E-state index contributed by atoms with van der Waals surface area (Å²) in [5.41, 5.74) is 0.711. The molecule has 0 atom stereocenters. The van der Waals surface area contributed by atoms with Crippen molar-refractivity contribution in [1.29, 1.82) is 0 Å². The highest BCUT2D eigenvalue weighted by Gasteiger charge is 2.21. The minimum Gasteiger partial charge on any atom is -0.467 e. The molecule has 27 heavy (non-hydrogen) atoms. The maximum atomic E-state index is 12.6. The van der Waals surface area contributed by atoms with Crippen molar-refractivity contribution in [3.05, 3.63) is 84.2 Å². The van der Waals surface area contributed by atoms with E-state index in [1.165, 1.54) is 12.5 Å². The van der Waals surface area contributed by atoms with Gasteiger partial charge in [0, 0.05) is 6.20 Å². The number of nitrogens with one attached hydrogen (secondary N) is 2. The zero-order chi connectivity index (χ0) is 18.6. The molecule has 0 saturated heterocycles. The molecule has 0 aliphatic rings. The molecule has 0 fully saturated rings. The summed E-state index contributed by atoms with van der Waals surface area (Å²) < 4.78 is 12.0. The monoisotopic (exact) mass is 364 g/mol. The van der Waals surface area contributed by atoms with Gasteiger partial charge in [-0.1, -0.05) is 6.07 Å². The van der Waals surface area contributed by atoms with Crippen molar-refractivity contribution in [3.63, 3.8) is 0 Å². The van der Waals surface area contributed by atoms with Gasteiger partial charge < -0.3 is 19.5 Å². The highest BCUT2D eigenvalue weighted by Crippen LogP contribution is 2.14. The third kappa shape index (κ3) is 3.45. The lowest BCUT2D eigenvalue weighted by Gasteiger charge is -2.02. The van der Waals surface area contributed by atoms with Crippen molar-refractivity contribution >= 4 is 17.3 Å². The summed E-state index contributed by atoms with van der Waals surface area (Å²) in [4.78, 5) is 29.4. The molecule has 0 bridgehead atoms. The first-order valence-corrected chi connectivity index (χ1v) is 8.30. The number of pyridine rings is 1. The summed E-state index contributed by atoms with van der Waals surface area (Å²) in [6.45, 7) is 0.464. The van der Waals surface area contributed by atoms with Gasteiger partial charge in [-0.05, 0) is 36.4 Å². The van der Waals surface area contributed by atoms with E-state index in [0.29, 0.717) is 17.0 Å². The molecule has 8 heteroatoms. The third-order valence-corrected chi connectivity index (χ3v) is 3.97. The van der Waals surface area contributed by atoms with Gasteiger partial charge in [0.25, 0.3) is 11.8 Å². The van der Waals surface area contributed by atoms with E-state index in [1.54, 1.807) is 53.1 Å². The molecule has 0 aromatic carbocycles. The Morgan fingerprint density at radius 2 is 1.56 bits per heavy atom. The Balaban J connectivity index is 1.56. The van der Waals surface area contributed by atoms with E-state index in [1.807, 2.05) is 0 Å². The number of hydrogen-bond acceptors (Lipinski definition) is 5. The van der Waals surface area contributed by atoms with Crippen LogP contribution in [0.15, 0.2) is 70.0 Å². The third-order valence-electron chi connectivity index (χ3n) is 3.97. The Morgan fingerprint density at radius 1 is 0.889 bits per heavy atom. The lowest BCUT2D eigenvalue weighted by molar-refractivity contribution is 0.0936. The van der Waals surface area contributed by atoms with Crippen LogP contribution in [-0.4, -0.2) is 21.2 Å². The Labute approximate surface area is 153 Å². The van der Waals surface area contributed by atoms with Crippen LogP contribution in [0, 0.1) is 0 Å². The maximum absolute atomic E-state index is 12.6. The fourth-order valence-electron chi connectivity index (χ4n) is 2.69. The van der Waals surface area contributed by atoms with Gasteiger partial charge in [-0.15, -0.1) is 0 Å². The van der Waals surface area contributed by atoms with E-state index >= 15 is 0 Å². The quantitative estimate of drug-likeness (QED) is 0.547. The maximum Gasteiger partial charge on any atom is 0.288 e. The van der Waals surface area contributed by atoms with Crippen molar-refractivity contribution in [2.24, 2.45) is 0 Å². The van der Waals surface area contributed by atoms with Crippen molar-refractivity contribution in [2.75, 3.05) is 0 Å². The molecule has 0 saturated carbocycles. The minimum absolute atomic E-state index is 0.125. The zero-order valence-corrected chi connectivity index (χ0v) is 14.2. The summed E-state index contributed by atoms with van der Waals surface area (Å²) in [6, 6.07) is 12.3. The van der Waals surface area contributed by atoms with E-state index in [2.05, 4.69) is 15.6 Å². The van der Waals surface area contributed by atoms with Gasteiger partial charge in [0.15, 0.2) is 5.69 Å². The van der Waals surface area contributed by atoms with Crippen LogP contribution in [0.3, 0.4) is 0 Å². The van der Waals surface area contributed by atoms with Crippen LogP contribution in [0.5, 0.6) is 0 Å². The predicted molar refractivity (Wildman–Crippen MR) is 94.9 cm³/mol. The zero-order valence-electron chi connectivity index (χ0n) is 14.2. The second-order valence-electron chi connectivity index (χ2n) is 5.76. The molecule has 2 N–H and O–H groups in total. The standard InChI is InChI=1S/C19H16N4O4/c24-18(20-11-13-5-3-9-26-13)16-15-7-1-2-8-23(15)17(22-16)19(25)21-12-14-6-4-10-27-14/h1-10H,11-12H2,(H,20,24)(H,21,25). The topological polar surface area (TPSA) is 102 Å². The van der Waals surface area contributed by atoms with Crippen molar-refractivity contribution < 1.29 is 18.4 Å². The van der Waals surface area contributed by atoms with Crippen LogP contribution in [0.25, 0.3) is 5.52 Å². The fraction of sp³-hybridized carbons (Fsp3) is 0.105. The SMILES string of the molecule is O=C(NCc1ccco1)c1nc(C(=O)NCc2ccco2)n2ccccc12. The fourth-order valence-corrected chi connectivity index (χ4v) is 2.69. The largest absolute Gasteiger partial charge is 0.467 e.